The number of carbonyl (C=O) groups excluding carboxylic acids is 1. The van der Waals surface area contributed by atoms with Crippen molar-refractivity contribution in [3.05, 3.63) is 35.1 Å². The molecule has 1 aliphatic rings. The molecule has 1 saturated heterocycles. The number of rotatable bonds is 3. The van der Waals surface area contributed by atoms with Gasteiger partial charge in [-0.1, -0.05) is 0 Å². The van der Waals surface area contributed by atoms with Crippen molar-refractivity contribution in [3.8, 4) is 0 Å². The molecule has 0 radical (unpaired) electrons. The quantitative estimate of drug-likeness (QED) is 0.840. The molecule has 1 aliphatic heterocycles. The number of hydrogen-bond acceptors (Lipinski definition) is 3. The van der Waals surface area contributed by atoms with Gasteiger partial charge in [0.1, 0.15) is 5.82 Å². The number of thioether (sulfide) groups is 1. The van der Waals surface area contributed by atoms with Crippen LogP contribution in [0.3, 0.4) is 0 Å². The second-order valence-corrected chi connectivity index (χ2v) is 6.04. The minimum absolute atomic E-state index is 0.0727. The Bertz CT molecular complexity index is 541. The Morgan fingerprint density at radius 3 is 2.67 bits per heavy atom. The SMILES string of the molecule is O=C(NCC1(O)CCSC1)c1cc(F)cc(C(F)(F)F)c1. The Hall–Kier alpha value is -1.28. The summed E-state index contributed by atoms with van der Waals surface area (Å²) in [6, 6.07) is 1.65. The van der Waals surface area contributed by atoms with E-state index in [2.05, 4.69) is 5.32 Å². The van der Waals surface area contributed by atoms with Crippen molar-refractivity contribution in [1.29, 1.82) is 0 Å². The number of benzene rings is 1. The van der Waals surface area contributed by atoms with Gasteiger partial charge in [0.2, 0.25) is 0 Å². The number of aliphatic hydroxyl groups is 1. The summed E-state index contributed by atoms with van der Waals surface area (Å²) >= 11 is 1.53. The van der Waals surface area contributed by atoms with E-state index in [-0.39, 0.29) is 6.54 Å². The summed E-state index contributed by atoms with van der Waals surface area (Å²) in [7, 11) is 0. The summed E-state index contributed by atoms with van der Waals surface area (Å²) < 4.78 is 50.9. The molecule has 0 aliphatic carbocycles. The Kier molecular flexibility index (Phi) is 4.48. The molecular weight excluding hydrogens is 310 g/mol. The molecule has 1 fully saturated rings. The van der Waals surface area contributed by atoms with E-state index in [1.807, 2.05) is 0 Å². The maximum atomic E-state index is 13.2. The summed E-state index contributed by atoms with van der Waals surface area (Å²) in [6.07, 6.45) is -4.23. The summed E-state index contributed by atoms with van der Waals surface area (Å²) in [5.41, 5.74) is -2.69. The first-order valence-electron chi connectivity index (χ1n) is 6.16. The van der Waals surface area contributed by atoms with Crippen LogP contribution in [0, 0.1) is 5.82 Å². The number of carbonyl (C=O) groups is 1. The van der Waals surface area contributed by atoms with E-state index in [0.29, 0.717) is 24.3 Å². The topological polar surface area (TPSA) is 49.3 Å². The van der Waals surface area contributed by atoms with E-state index in [0.717, 1.165) is 11.8 Å². The fraction of sp³-hybridized carbons (Fsp3) is 0.462. The first kappa shape index (κ1) is 16.1. The van der Waals surface area contributed by atoms with Gasteiger partial charge in [-0.05, 0) is 30.4 Å². The largest absolute Gasteiger partial charge is 0.416 e. The van der Waals surface area contributed by atoms with Crippen molar-refractivity contribution in [2.24, 2.45) is 0 Å². The van der Waals surface area contributed by atoms with E-state index < -0.39 is 34.6 Å². The summed E-state index contributed by atoms with van der Waals surface area (Å²) in [4.78, 5) is 11.8. The smallest absolute Gasteiger partial charge is 0.387 e. The molecule has 1 amide bonds. The lowest BCUT2D eigenvalue weighted by Crippen LogP contribution is -2.43. The van der Waals surface area contributed by atoms with Gasteiger partial charge in [0, 0.05) is 17.9 Å². The normalized spacial score (nSPS) is 22.3. The first-order valence-corrected chi connectivity index (χ1v) is 7.31. The minimum Gasteiger partial charge on any atom is -0.387 e. The number of amides is 1. The molecule has 0 aromatic heterocycles. The lowest BCUT2D eigenvalue weighted by Gasteiger charge is -2.21. The third-order valence-electron chi connectivity index (χ3n) is 3.15. The van der Waals surface area contributed by atoms with Crippen LogP contribution in [0.25, 0.3) is 0 Å². The van der Waals surface area contributed by atoms with E-state index >= 15 is 0 Å². The number of alkyl halides is 3. The van der Waals surface area contributed by atoms with Crippen molar-refractivity contribution in [2.75, 3.05) is 18.1 Å². The standard InChI is InChI=1S/C13H13F4NO2S/c14-10-4-8(3-9(5-10)13(15,16)17)11(19)18-6-12(20)1-2-21-7-12/h3-5,20H,1-2,6-7H2,(H,18,19). The second kappa shape index (κ2) is 5.84. The van der Waals surface area contributed by atoms with Gasteiger partial charge in [0.25, 0.3) is 5.91 Å². The number of halogens is 4. The van der Waals surface area contributed by atoms with E-state index in [1.54, 1.807) is 0 Å². The monoisotopic (exact) mass is 323 g/mol. The van der Waals surface area contributed by atoms with Crippen molar-refractivity contribution in [2.45, 2.75) is 18.2 Å². The summed E-state index contributed by atoms with van der Waals surface area (Å²) in [5.74, 6) is -0.773. The van der Waals surface area contributed by atoms with E-state index in [9.17, 15) is 27.5 Å². The van der Waals surface area contributed by atoms with Crippen LogP contribution in [0.15, 0.2) is 18.2 Å². The predicted molar refractivity (Wildman–Crippen MR) is 70.6 cm³/mol. The zero-order valence-electron chi connectivity index (χ0n) is 10.8. The van der Waals surface area contributed by atoms with Crippen LogP contribution in [0.1, 0.15) is 22.3 Å². The third kappa shape index (κ3) is 4.10. The van der Waals surface area contributed by atoms with Gasteiger partial charge < -0.3 is 10.4 Å². The van der Waals surface area contributed by atoms with Gasteiger partial charge in [-0.3, -0.25) is 4.79 Å². The van der Waals surface area contributed by atoms with E-state index in [1.165, 1.54) is 11.8 Å². The highest BCUT2D eigenvalue weighted by molar-refractivity contribution is 7.99. The molecule has 2 N–H and O–H groups in total. The molecule has 0 saturated carbocycles. The molecule has 0 bridgehead atoms. The molecule has 1 aromatic carbocycles. The Morgan fingerprint density at radius 2 is 2.10 bits per heavy atom. The molecule has 2 rings (SSSR count). The average molecular weight is 323 g/mol. The van der Waals surface area contributed by atoms with Crippen LogP contribution >= 0.6 is 11.8 Å². The van der Waals surface area contributed by atoms with Crippen LogP contribution in [-0.2, 0) is 6.18 Å². The highest BCUT2D eigenvalue weighted by atomic mass is 32.2. The van der Waals surface area contributed by atoms with Gasteiger partial charge in [0.15, 0.2) is 0 Å². The molecular formula is C13H13F4NO2S. The molecule has 1 atom stereocenters. The average Bonchev–Trinajstić information content (AvgIpc) is 2.82. The van der Waals surface area contributed by atoms with Crippen LogP contribution in [0.4, 0.5) is 17.6 Å². The summed E-state index contributed by atoms with van der Waals surface area (Å²) in [6.45, 7) is -0.0727. The number of nitrogens with one attached hydrogen (secondary N) is 1. The van der Waals surface area contributed by atoms with Crippen molar-refractivity contribution >= 4 is 17.7 Å². The Morgan fingerprint density at radius 1 is 1.38 bits per heavy atom. The highest BCUT2D eigenvalue weighted by Gasteiger charge is 2.33. The van der Waals surface area contributed by atoms with Crippen molar-refractivity contribution in [1.82, 2.24) is 5.32 Å². The molecule has 1 unspecified atom stereocenters. The van der Waals surface area contributed by atoms with Crippen molar-refractivity contribution < 1.29 is 27.5 Å². The fourth-order valence-corrected chi connectivity index (χ4v) is 3.26. The maximum Gasteiger partial charge on any atom is 0.416 e. The number of hydrogen-bond donors (Lipinski definition) is 2. The molecule has 3 nitrogen and oxygen atoms in total. The predicted octanol–water partition coefficient (Wildman–Crippen LogP) is 2.44. The van der Waals surface area contributed by atoms with Crippen LogP contribution in [0.2, 0.25) is 0 Å². The molecule has 116 valence electrons. The van der Waals surface area contributed by atoms with Gasteiger partial charge >= 0.3 is 6.18 Å². The summed E-state index contributed by atoms with van der Waals surface area (Å²) in [5, 5.41) is 12.4. The van der Waals surface area contributed by atoms with Crippen LogP contribution < -0.4 is 5.32 Å². The zero-order chi connectivity index (χ0) is 15.7. The van der Waals surface area contributed by atoms with Crippen LogP contribution in [-0.4, -0.2) is 34.7 Å². The van der Waals surface area contributed by atoms with Gasteiger partial charge in [-0.15, -0.1) is 0 Å². The Labute approximate surface area is 122 Å². The van der Waals surface area contributed by atoms with Gasteiger partial charge in [-0.25, -0.2) is 4.39 Å². The fourth-order valence-electron chi connectivity index (χ4n) is 1.97. The molecule has 8 heteroatoms. The first-order chi connectivity index (χ1) is 9.70. The van der Waals surface area contributed by atoms with Gasteiger partial charge in [0.05, 0.1) is 11.2 Å². The molecule has 1 aromatic rings. The molecule has 1 heterocycles. The molecule has 21 heavy (non-hydrogen) atoms. The van der Waals surface area contributed by atoms with Crippen molar-refractivity contribution in [3.63, 3.8) is 0 Å². The molecule has 0 spiro atoms. The lowest BCUT2D eigenvalue weighted by atomic mass is 10.0. The minimum atomic E-state index is -4.72. The second-order valence-electron chi connectivity index (χ2n) is 4.94. The third-order valence-corrected chi connectivity index (χ3v) is 4.38. The maximum absolute atomic E-state index is 13.2. The van der Waals surface area contributed by atoms with Crippen LogP contribution in [0.5, 0.6) is 0 Å². The highest BCUT2D eigenvalue weighted by Crippen LogP contribution is 2.30. The van der Waals surface area contributed by atoms with Gasteiger partial charge in [-0.2, -0.15) is 24.9 Å². The Balaban J connectivity index is 2.10. The zero-order valence-corrected chi connectivity index (χ0v) is 11.7. The van der Waals surface area contributed by atoms with E-state index in [4.69, 9.17) is 0 Å². The lowest BCUT2D eigenvalue weighted by molar-refractivity contribution is -0.137.